The highest BCUT2D eigenvalue weighted by Crippen LogP contribution is 2.26. The molecule has 7 N–H and O–H groups in total. The van der Waals surface area contributed by atoms with Crippen molar-refractivity contribution in [3.8, 4) is 11.5 Å². The lowest BCUT2D eigenvalue weighted by molar-refractivity contribution is -0.159. The van der Waals surface area contributed by atoms with Gasteiger partial charge in [0.15, 0.2) is 5.82 Å². The Morgan fingerprint density at radius 3 is 2.42 bits per heavy atom. The Bertz CT molecular complexity index is 1140. The van der Waals surface area contributed by atoms with E-state index in [0.29, 0.717) is 24.7 Å². The van der Waals surface area contributed by atoms with Crippen LogP contribution in [0.5, 0.6) is 0 Å². The third kappa shape index (κ3) is 5.98. The first-order valence-corrected chi connectivity index (χ1v) is 9.11. The van der Waals surface area contributed by atoms with E-state index >= 15 is 0 Å². The summed E-state index contributed by atoms with van der Waals surface area (Å²) in [5, 5.41) is 20.0. The van der Waals surface area contributed by atoms with Crippen LogP contribution in [0, 0.1) is 0 Å². The third-order valence-corrected chi connectivity index (χ3v) is 4.28. The van der Waals surface area contributed by atoms with Gasteiger partial charge in [0.25, 0.3) is 5.89 Å². The first-order chi connectivity index (χ1) is 14.5. The van der Waals surface area contributed by atoms with Crippen LogP contribution in [0.4, 0.5) is 0 Å². The highest BCUT2D eigenvalue weighted by atomic mass is 16.5. The number of H-pyrrole nitrogens is 1. The van der Waals surface area contributed by atoms with Crippen molar-refractivity contribution in [3.05, 3.63) is 71.7 Å². The second kappa shape index (κ2) is 10.7. The molecule has 0 saturated carbocycles. The summed E-state index contributed by atoms with van der Waals surface area (Å²) >= 11 is 0. The predicted molar refractivity (Wildman–Crippen MR) is 112 cm³/mol. The highest BCUT2D eigenvalue weighted by molar-refractivity contribution is 6.27. The van der Waals surface area contributed by atoms with Gasteiger partial charge in [-0.25, -0.2) is 9.59 Å². The largest absolute Gasteiger partial charge is 0.473 e. The minimum absolute atomic E-state index is 0. The van der Waals surface area contributed by atoms with E-state index in [9.17, 15) is 0 Å². The molecular weight excluding hydrogens is 404 g/mol. The molecule has 0 radical (unpaired) electrons. The van der Waals surface area contributed by atoms with Gasteiger partial charge in [0.1, 0.15) is 0 Å². The summed E-state index contributed by atoms with van der Waals surface area (Å²) in [6.07, 6.45) is 3.51. The molecule has 162 valence electrons. The Labute approximate surface area is 176 Å². The normalized spacial score (nSPS) is 10.1. The van der Waals surface area contributed by atoms with Crippen LogP contribution in [0.2, 0.25) is 0 Å². The number of nitrogens with one attached hydrogen (secondary N) is 1. The average Bonchev–Trinajstić information content (AvgIpc) is 3.36. The summed E-state index contributed by atoms with van der Waals surface area (Å²) in [6.45, 7) is 0.624. The molecule has 0 amide bonds. The Hall–Kier alpha value is -4.02. The number of carbonyl (C=O) groups is 2. The van der Waals surface area contributed by atoms with Gasteiger partial charge in [-0.05, 0) is 42.3 Å². The van der Waals surface area contributed by atoms with Gasteiger partial charge in [0.2, 0.25) is 0 Å². The van der Waals surface area contributed by atoms with Crippen LogP contribution in [0.25, 0.3) is 22.4 Å². The van der Waals surface area contributed by atoms with Gasteiger partial charge in [-0.3, -0.25) is 0 Å². The van der Waals surface area contributed by atoms with Crippen molar-refractivity contribution in [2.75, 3.05) is 6.54 Å². The molecule has 2 heterocycles. The Morgan fingerprint density at radius 2 is 1.77 bits per heavy atom. The monoisotopic (exact) mass is 426 g/mol. The summed E-state index contributed by atoms with van der Waals surface area (Å²) in [6, 6.07) is 16.2. The number of nitrogens with two attached hydrogens (primary N) is 1. The maximum Gasteiger partial charge on any atom is 0.414 e. The van der Waals surface area contributed by atoms with Crippen molar-refractivity contribution in [1.29, 1.82) is 0 Å². The van der Waals surface area contributed by atoms with Crippen LogP contribution in [-0.4, -0.2) is 49.3 Å². The molecule has 10 heteroatoms. The van der Waals surface area contributed by atoms with Crippen molar-refractivity contribution < 1.29 is 29.8 Å². The SMILES string of the molecule is NCCc1c[nH]c2ccc(-c3nc(Cc4ccccc4)no3)cc12.O.O=C(O)C(=O)O. The van der Waals surface area contributed by atoms with Gasteiger partial charge >= 0.3 is 11.9 Å². The molecule has 0 aliphatic carbocycles. The van der Waals surface area contributed by atoms with E-state index in [-0.39, 0.29) is 5.48 Å². The first kappa shape index (κ1) is 23.3. The summed E-state index contributed by atoms with van der Waals surface area (Å²) in [5.74, 6) is -2.42. The topological polar surface area (TPSA) is 187 Å². The molecule has 4 aromatic rings. The number of fused-ring (bicyclic) bond motifs is 1. The standard InChI is InChI=1S/C19H18N4O.C2H2O4.H2O/c20-9-8-15-12-21-17-7-6-14(11-16(15)17)19-22-18(23-24-19)10-13-4-2-1-3-5-13;3-1(4)2(5)6;/h1-7,11-12,21H,8-10,20H2;(H,3,4)(H,5,6);1H2. The molecule has 4 rings (SSSR count). The smallest absolute Gasteiger partial charge is 0.414 e. The van der Waals surface area contributed by atoms with Crippen LogP contribution in [0.3, 0.4) is 0 Å². The molecule has 0 aliphatic heterocycles. The first-order valence-electron chi connectivity index (χ1n) is 9.11. The van der Waals surface area contributed by atoms with E-state index < -0.39 is 11.9 Å². The number of benzene rings is 2. The molecule has 10 nitrogen and oxygen atoms in total. The van der Waals surface area contributed by atoms with Crippen LogP contribution >= 0.6 is 0 Å². The molecule has 31 heavy (non-hydrogen) atoms. The van der Waals surface area contributed by atoms with Gasteiger partial charge in [0.05, 0.1) is 0 Å². The minimum Gasteiger partial charge on any atom is -0.473 e. The second-order valence-electron chi connectivity index (χ2n) is 6.40. The Balaban J connectivity index is 0.000000433. The van der Waals surface area contributed by atoms with Gasteiger partial charge in [-0.15, -0.1) is 0 Å². The zero-order valence-electron chi connectivity index (χ0n) is 16.4. The fourth-order valence-corrected chi connectivity index (χ4v) is 2.90. The quantitative estimate of drug-likeness (QED) is 0.346. The Kier molecular flexibility index (Phi) is 8.01. The molecule has 0 aliphatic rings. The maximum absolute atomic E-state index is 9.10. The number of hydrogen-bond acceptors (Lipinski definition) is 6. The van der Waals surface area contributed by atoms with E-state index in [0.717, 1.165) is 28.5 Å². The van der Waals surface area contributed by atoms with E-state index in [1.807, 2.05) is 36.5 Å². The van der Waals surface area contributed by atoms with Crippen molar-refractivity contribution in [2.45, 2.75) is 12.8 Å². The van der Waals surface area contributed by atoms with E-state index in [2.05, 4.69) is 33.3 Å². The lowest BCUT2D eigenvalue weighted by Gasteiger charge is -1.98. The van der Waals surface area contributed by atoms with Crippen molar-refractivity contribution >= 4 is 22.8 Å². The molecule has 0 fully saturated rings. The number of carboxylic acid groups (broad SMARTS) is 2. The maximum atomic E-state index is 9.10. The van der Waals surface area contributed by atoms with Gasteiger partial charge in [-0.2, -0.15) is 4.98 Å². The van der Waals surface area contributed by atoms with E-state index in [4.69, 9.17) is 30.1 Å². The summed E-state index contributed by atoms with van der Waals surface area (Å²) in [4.78, 5) is 26.0. The minimum atomic E-state index is -1.82. The summed E-state index contributed by atoms with van der Waals surface area (Å²) < 4.78 is 5.45. The van der Waals surface area contributed by atoms with Crippen LogP contribution in [-0.2, 0) is 22.4 Å². The lowest BCUT2D eigenvalue weighted by atomic mass is 10.1. The molecule has 0 spiro atoms. The zero-order valence-corrected chi connectivity index (χ0v) is 16.4. The Morgan fingerprint density at radius 1 is 1.06 bits per heavy atom. The molecule has 2 aromatic heterocycles. The van der Waals surface area contributed by atoms with Crippen molar-refractivity contribution in [2.24, 2.45) is 5.73 Å². The van der Waals surface area contributed by atoms with E-state index in [1.54, 1.807) is 0 Å². The summed E-state index contributed by atoms with van der Waals surface area (Å²) in [5.41, 5.74) is 10.1. The number of aliphatic carboxylic acids is 2. The fraction of sp³-hybridized carbons (Fsp3) is 0.143. The molecule has 0 saturated heterocycles. The summed E-state index contributed by atoms with van der Waals surface area (Å²) in [7, 11) is 0. The predicted octanol–water partition coefficient (Wildman–Crippen LogP) is 1.64. The number of carboxylic acids is 2. The lowest BCUT2D eigenvalue weighted by Crippen LogP contribution is -2.09. The number of rotatable bonds is 5. The second-order valence-corrected chi connectivity index (χ2v) is 6.40. The molecule has 2 aromatic carbocycles. The van der Waals surface area contributed by atoms with Crippen LogP contribution in [0.1, 0.15) is 17.0 Å². The van der Waals surface area contributed by atoms with Crippen molar-refractivity contribution in [1.82, 2.24) is 15.1 Å². The van der Waals surface area contributed by atoms with Gasteiger partial charge < -0.3 is 30.9 Å². The average molecular weight is 426 g/mol. The van der Waals surface area contributed by atoms with Gasteiger partial charge in [0, 0.05) is 29.1 Å². The molecular formula is C21H22N4O6. The molecule has 0 unspecified atom stereocenters. The zero-order chi connectivity index (χ0) is 21.5. The number of aromatic amines is 1. The van der Waals surface area contributed by atoms with Crippen LogP contribution < -0.4 is 5.73 Å². The number of hydrogen-bond donors (Lipinski definition) is 4. The highest BCUT2D eigenvalue weighted by Gasteiger charge is 2.12. The van der Waals surface area contributed by atoms with Gasteiger partial charge in [-0.1, -0.05) is 35.5 Å². The third-order valence-electron chi connectivity index (χ3n) is 4.28. The van der Waals surface area contributed by atoms with Crippen LogP contribution in [0.15, 0.2) is 59.3 Å². The molecule has 0 atom stereocenters. The van der Waals surface area contributed by atoms with E-state index in [1.165, 1.54) is 5.56 Å². The van der Waals surface area contributed by atoms with Crippen molar-refractivity contribution in [3.63, 3.8) is 0 Å². The molecule has 0 bridgehead atoms. The number of nitrogens with zero attached hydrogens (tertiary/aromatic N) is 2. The number of aromatic nitrogens is 3. The fourth-order valence-electron chi connectivity index (χ4n) is 2.90.